The molecule has 0 spiro atoms. The molecule has 1 fully saturated rings. The molecule has 0 radical (unpaired) electrons. The number of halogens is 2. The van der Waals surface area contributed by atoms with Gasteiger partial charge in [0.15, 0.2) is 0 Å². The Morgan fingerprint density at radius 2 is 2.15 bits per heavy atom. The first-order valence-corrected chi connectivity index (χ1v) is 7.35. The summed E-state index contributed by atoms with van der Waals surface area (Å²) >= 11 is 0. The molecule has 0 atom stereocenters. The lowest BCUT2D eigenvalue weighted by atomic mass is 9.93. The molecule has 1 aromatic heterocycles. The Morgan fingerprint density at radius 1 is 1.40 bits per heavy atom. The highest BCUT2D eigenvalue weighted by molar-refractivity contribution is 4.91. The molecule has 1 aromatic rings. The molecule has 1 heterocycles. The molecule has 1 aliphatic rings. The van der Waals surface area contributed by atoms with Gasteiger partial charge in [-0.3, -0.25) is 4.57 Å². The van der Waals surface area contributed by atoms with Gasteiger partial charge in [-0.2, -0.15) is 8.78 Å². The molecule has 0 amide bonds. The van der Waals surface area contributed by atoms with Crippen molar-refractivity contribution in [1.29, 1.82) is 0 Å². The molecule has 20 heavy (non-hydrogen) atoms. The summed E-state index contributed by atoms with van der Waals surface area (Å²) in [6, 6.07) is 0.581. The summed E-state index contributed by atoms with van der Waals surface area (Å²) in [4.78, 5) is 3.92. The number of imidazole rings is 1. The lowest BCUT2D eigenvalue weighted by Gasteiger charge is -2.29. The van der Waals surface area contributed by atoms with Gasteiger partial charge in [0.1, 0.15) is 12.4 Å². The van der Waals surface area contributed by atoms with E-state index >= 15 is 0 Å². The second kappa shape index (κ2) is 7.69. The van der Waals surface area contributed by atoms with Crippen LogP contribution >= 0.6 is 0 Å². The van der Waals surface area contributed by atoms with E-state index in [4.69, 9.17) is 4.74 Å². The molecule has 1 N–H and O–H groups in total. The Balaban J connectivity index is 1.72. The Kier molecular flexibility index (Phi) is 5.91. The lowest BCUT2D eigenvalue weighted by Crippen LogP contribution is -2.35. The zero-order valence-electron chi connectivity index (χ0n) is 11.9. The fourth-order valence-electron chi connectivity index (χ4n) is 2.61. The standard InChI is InChI=1S/C14H23F2N3O/c1-2-7-17-11-3-5-12(6-4-11)20-10-13-18-8-9-19(13)14(15)16/h8-9,11-12,14,17H,2-7,10H2,1H3. The van der Waals surface area contributed by atoms with Crippen molar-refractivity contribution in [3.63, 3.8) is 0 Å². The summed E-state index contributed by atoms with van der Waals surface area (Å²) in [6.45, 7) is 0.828. The van der Waals surface area contributed by atoms with E-state index in [-0.39, 0.29) is 12.7 Å². The van der Waals surface area contributed by atoms with E-state index in [2.05, 4.69) is 17.2 Å². The molecule has 0 bridgehead atoms. The van der Waals surface area contributed by atoms with Crippen molar-refractivity contribution in [2.24, 2.45) is 0 Å². The maximum absolute atomic E-state index is 12.7. The second-order valence-electron chi connectivity index (χ2n) is 5.27. The van der Waals surface area contributed by atoms with Crippen LogP contribution in [0.15, 0.2) is 12.4 Å². The third-order valence-electron chi connectivity index (χ3n) is 3.76. The predicted molar refractivity (Wildman–Crippen MR) is 72.6 cm³/mol. The topological polar surface area (TPSA) is 39.1 Å². The first kappa shape index (κ1) is 15.4. The van der Waals surface area contributed by atoms with E-state index in [1.165, 1.54) is 12.4 Å². The highest BCUT2D eigenvalue weighted by Gasteiger charge is 2.22. The quantitative estimate of drug-likeness (QED) is 0.837. The molecule has 0 saturated heterocycles. The van der Waals surface area contributed by atoms with Crippen molar-refractivity contribution in [2.45, 2.75) is 64.3 Å². The summed E-state index contributed by atoms with van der Waals surface area (Å²) in [5.41, 5.74) is 0. The van der Waals surface area contributed by atoms with E-state index in [0.717, 1.165) is 43.2 Å². The largest absolute Gasteiger partial charge is 0.370 e. The highest BCUT2D eigenvalue weighted by atomic mass is 19.3. The van der Waals surface area contributed by atoms with Crippen LogP contribution in [-0.2, 0) is 11.3 Å². The number of rotatable bonds is 7. The molecular formula is C14H23F2N3O. The number of hydrogen-bond acceptors (Lipinski definition) is 3. The van der Waals surface area contributed by atoms with Gasteiger partial charge >= 0.3 is 6.55 Å². The first-order valence-electron chi connectivity index (χ1n) is 7.35. The van der Waals surface area contributed by atoms with E-state index < -0.39 is 6.55 Å². The molecule has 6 heteroatoms. The Bertz CT molecular complexity index is 390. The molecule has 2 rings (SSSR count). The van der Waals surface area contributed by atoms with Gasteiger partial charge in [0, 0.05) is 18.4 Å². The third kappa shape index (κ3) is 4.24. The van der Waals surface area contributed by atoms with Crippen molar-refractivity contribution in [3.8, 4) is 0 Å². The van der Waals surface area contributed by atoms with Gasteiger partial charge in [-0.25, -0.2) is 4.98 Å². The summed E-state index contributed by atoms with van der Waals surface area (Å²) in [5.74, 6) is 0.297. The number of aromatic nitrogens is 2. The summed E-state index contributed by atoms with van der Waals surface area (Å²) in [7, 11) is 0. The first-order chi connectivity index (χ1) is 9.70. The zero-order chi connectivity index (χ0) is 14.4. The highest BCUT2D eigenvalue weighted by Crippen LogP contribution is 2.22. The third-order valence-corrected chi connectivity index (χ3v) is 3.76. The van der Waals surface area contributed by atoms with Crippen LogP contribution in [0.5, 0.6) is 0 Å². The van der Waals surface area contributed by atoms with Crippen LogP contribution in [-0.4, -0.2) is 28.2 Å². The monoisotopic (exact) mass is 287 g/mol. The minimum Gasteiger partial charge on any atom is -0.370 e. The van der Waals surface area contributed by atoms with Crippen LogP contribution in [0.4, 0.5) is 8.78 Å². The van der Waals surface area contributed by atoms with Crippen LogP contribution in [0.25, 0.3) is 0 Å². The van der Waals surface area contributed by atoms with Gasteiger partial charge in [-0.05, 0) is 38.6 Å². The molecule has 4 nitrogen and oxygen atoms in total. The van der Waals surface area contributed by atoms with E-state index in [0.29, 0.717) is 11.9 Å². The van der Waals surface area contributed by atoms with E-state index in [1.54, 1.807) is 0 Å². The van der Waals surface area contributed by atoms with Gasteiger partial charge in [-0.1, -0.05) is 6.92 Å². The Morgan fingerprint density at radius 3 is 2.80 bits per heavy atom. The molecule has 1 saturated carbocycles. The Hall–Kier alpha value is -1.01. The minimum atomic E-state index is -2.55. The Labute approximate surface area is 118 Å². The number of ether oxygens (including phenoxy) is 1. The second-order valence-corrected chi connectivity index (χ2v) is 5.27. The van der Waals surface area contributed by atoms with Crippen molar-refractivity contribution in [3.05, 3.63) is 18.2 Å². The maximum atomic E-state index is 12.7. The SMILES string of the molecule is CCCNC1CCC(OCc2nccn2C(F)F)CC1. The number of nitrogens with one attached hydrogen (secondary N) is 1. The van der Waals surface area contributed by atoms with Crippen molar-refractivity contribution in [1.82, 2.24) is 14.9 Å². The average Bonchev–Trinajstić information content (AvgIpc) is 2.92. The molecule has 114 valence electrons. The van der Waals surface area contributed by atoms with Crippen molar-refractivity contribution < 1.29 is 13.5 Å². The van der Waals surface area contributed by atoms with Gasteiger partial charge in [0.05, 0.1) is 6.10 Å². The van der Waals surface area contributed by atoms with Crippen LogP contribution < -0.4 is 5.32 Å². The number of hydrogen-bond donors (Lipinski definition) is 1. The average molecular weight is 287 g/mol. The van der Waals surface area contributed by atoms with Crippen LogP contribution in [0, 0.1) is 0 Å². The zero-order valence-corrected chi connectivity index (χ0v) is 11.9. The summed E-state index contributed by atoms with van der Waals surface area (Å²) < 4.78 is 31.9. The van der Waals surface area contributed by atoms with Crippen LogP contribution in [0.3, 0.4) is 0 Å². The van der Waals surface area contributed by atoms with Crippen molar-refractivity contribution in [2.75, 3.05) is 6.54 Å². The molecular weight excluding hydrogens is 264 g/mol. The predicted octanol–water partition coefficient (Wildman–Crippen LogP) is 3.11. The molecule has 1 aliphatic carbocycles. The van der Waals surface area contributed by atoms with Gasteiger partial charge in [0.2, 0.25) is 0 Å². The van der Waals surface area contributed by atoms with Gasteiger partial charge in [0.25, 0.3) is 0 Å². The van der Waals surface area contributed by atoms with Crippen molar-refractivity contribution >= 4 is 0 Å². The van der Waals surface area contributed by atoms with E-state index in [9.17, 15) is 8.78 Å². The number of alkyl halides is 2. The summed E-state index contributed by atoms with van der Waals surface area (Å²) in [5, 5.41) is 3.51. The smallest absolute Gasteiger partial charge is 0.320 e. The van der Waals surface area contributed by atoms with Crippen LogP contribution in [0.2, 0.25) is 0 Å². The minimum absolute atomic E-state index is 0.162. The summed E-state index contributed by atoms with van der Waals surface area (Å²) in [6.07, 6.45) is 8.13. The van der Waals surface area contributed by atoms with Crippen LogP contribution in [0.1, 0.15) is 51.4 Å². The van der Waals surface area contributed by atoms with Gasteiger partial charge < -0.3 is 10.1 Å². The fourth-order valence-corrected chi connectivity index (χ4v) is 2.61. The molecule has 0 aromatic carbocycles. The van der Waals surface area contributed by atoms with E-state index in [1.807, 2.05) is 0 Å². The van der Waals surface area contributed by atoms with Gasteiger partial charge in [-0.15, -0.1) is 0 Å². The normalized spacial score (nSPS) is 23.4. The fraction of sp³-hybridized carbons (Fsp3) is 0.786. The molecule has 0 unspecified atom stereocenters. The maximum Gasteiger partial charge on any atom is 0.320 e. The number of nitrogens with zero attached hydrogens (tertiary/aromatic N) is 2. The molecule has 0 aliphatic heterocycles. The lowest BCUT2D eigenvalue weighted by molar-refractivity contribution is -0.00156.